The van der Waals surface area contributed by atoms with Crippen molar-refractivity contribution in [3.05, 3.63) is 29.0 Å². The van der Waals surface area contributed by atoms with Gasteiger partial charge in [0.15, 0.2) is 0 Å². The molecule has 2 N–H and O–H groups in total. The molecule has 0 aliphatic heterocycles. The molecule has 4 heteroatoms. The molecule has 16 heavy (non-hydrogen) atoms. The van der Waals surface area contributed by atoms with Gasteiger partial charge in [-0.1, -0.05) is 12.8 Å². The monoisotopic (exact) mass is 234 g/mol. The highest BCUT2D eigenvalue weighted by Crippen LogP contribution is 2.38. The maximum atomic E-state index is 6.37. The standard InChI is InChI=1S/C12H14N2OS/c13-12(4-1-2-5-12)11-14-10(8-16-11)9-3-6-15-7-9/h3,6-8H,1-2,4-5,13H2. The van der Waals surface area contributed by atoms with Crippen molar-refractivity contribution >= 4 is 11.3 Å². The van der Waals surface area contributed by atoms with Crippen molar-refractivity contribution < 1.29 is 4.42 Å². The first-order valence-electron chi connectivity index (χ1n) is 5.55. The highest BCUT2D eigenvalue weighted by atomic mass is 32.1. The fourth-order valence-corrected chi connectivity index (χ4v) is 3.27. The fraction of sp³-hybridized carbons (Fsp3) is 0.417. The molecule has 2 aromatic rings. The van der Waals surface area contributed by atoms with E-state index in [1.807, 2.05) is 6.07 Å². The summed E-state index contributed by atoms with van der Waals surface area (Å²) in [6.07, 6.45) is 7.95. The van der Waals surface area contributed by atoms with E-state index in [2.05, 4.69) is 10.4 Å². The largest absolute Gasteiger partial charge is 0.472 e. The van der Waals surface area contributed by atoms with Gasteiger partial charge in [0, 0.05) is 10.9 Å². The van der Waals surface area contributed by atoms with Crippen molar-refractivity contribution in [3.63, 3.8) is 0 Å². The second-order valence-corrected chi connectivity index (χ2v) is 5.27. The smallest absolute Gasteiger partial charge is 0.113 e. The Kier molecular flexibility index (Phi) is 2.33. The van der Waals surface area contributed by atoms with Crippen molar-refractivity contribution in [1.82, 2.24) is 4.98 Å². The molecule has 1 fully saturated rings. The van der Waals surface area contributed by atoms with Crippen LogP contribution in [0.3, 0.4) is 0 Å². The highest BCUT2D eigenvalue weighted by molar-refractivity contribution is 7.10. The number of aromatic nitrogens is 1. The number of nitrogens with two attached hydrogens (primary N) is 1. The van der Waals surface area contributed by atoms with Gasteiger partial charge in [-0.2, -0.15) is 0 Å². The van der Waals surface area contributed by atoms with Crippen LogP contribution in [0.5, 0.6) is 0 Å². The van der Waals surface area contributed by atoms with Crippen LogP contribution >= 0.6 is 11.3 Å². The first kappa shape index (κ1) is 10.1. The van der Waals surface area contributed by atoms with E-state index >= 15 is 0 Å². The molecule has 3 rings (SSSR count). The molecule has 2 heterocycles. The number of furan rings is 1. The predicted octanol–water partition coefficient (Wildman–Crippen LogP) is 3.13. The van der Waals surface area contributed by atoms with Crippen LogP contribution in [0.25, 0.3) is 11.3 Å². The summed E-state index contributed by atoms with van der Waals surface area (Å²) in [7, 11) is 0. The summed E-state index contributed by atoms with van der Waals surface area (Å²) in [5, 5.41) is 3.13. The lowest BCUT2D eigenvalue weighted by atomic mass is 10.0. The Morgan fingerprint density at radius 2 is 2.19 bits per heavy atom. The molecule has 0 bridgehead atoms. The molecule has 0 radical (unpaired) electrons. The minimum absolute atomic E-state index is 0.174. The summed E-state index contributed by atoms with van der Waals surface area (Å²) in [6, 6.07) is 1.93. The van der Waals surface area contributed by atoms with Gasteiger partial charge in [0.05, 0.1) is 23.8 Å². The topological polar surface area (TPSA) is 52.0 Å². The minimum atomic E-state index is -0.174. The van der Waals surface area contributed by atoms with Crippen LogP contribution in [0.15, 0.2) is 28.4 Å². The van der Waals surface area contributed by atoms with E-state index in [0.717, 1.165) is 29.1 Å². The van der Waals surface area contributed by atoms with Gasteiger partial charge in [0.2, 0.25) is 0 Å². The van der Waals surface area contributed by atoms with E-state index in [4.69, 9.17) is 10.2 Å². The SMILES string of the molecule is NC1(c2nc(-c3ccoc3)cs2)CCCC1. The summed E-state index contributed by atoms with van der Waals surface area (Å²) in [6.45, 7) is 0. The molecule has 3 nitrogen and oxygen atoms in total. The van der Waals surface area contributed by atoms with Crippen LogP contribution in [-0.2, 0) is 5.54 Å². The van der Waals surface area contributed by atoms with Gasteiger partial charge in [-0.05, 0) is 18.9 Å². The third-order valence-electron chi connectivity index (χ3n) is 3.24. The van der Waals surface area contributed by atoms with E-state index in [0.29, 0.717) is 0 Å². The molecule has 0 saturated heterocycles. The molecule has 1 saturated carbocycles. The van der Waals surface area contributed by atoms with E-state index in [1.54, 1.807) is 23.9 Å². The lowest BCUT2D eigenvalue weighted by Gasteiger charge is -2.19. The van der Waals surface area contributed by atoms with E-state index < -0.39 is 0 Å². The lowest BCUT2D eigenvalue weighted by molar-refractivity contribution is 0.459. The second-order valence-electron chi connectivity index (χ2n) is 4.41. The molecule has 0 atom stereocenters. The minimum Gasteiger partial charge on any atom is -0.472 e. The van der Waals surface area contributed by atoms with Crippen LogP contribution in [0.2, 0.25) is 0 Å². The van der Waals surface area contributed by atoms with Crippen molar-refractivity contribution in [2.75, 3.05) is 0 Å². The van der Waals surface area contributed by atoms with E-state index in [-0.39, 0.29) is 5.54 Å². The van der Waals surface area contributed by atoms with Crippen LogP contribution in [0.1, 0.15) is 30.7 Å². The normalized spacial score (nSPS) is 19.1. The Hall–Kier alpha value is -1.13. The molecule has 0 amide bonds. The van der Waals surface area contributed by atoms with Crippen LogP contribution in [0, 0.1) is 0 Å². The summed E-state index contributed by atoms with van der Waals surface area (Å²) in [4.78, 5) is 4.64. The van der Waals surface area contributed by atoms with Gasteiger partial charge in [-0.3, -0.25) is 0 Å². The van der Waals surface area contributed by atoms with Gasteiger partial charge in [-0.15, -0.1) is 11.3 Å². The Balaban J connectivity index is 1.93. The number of hydrogen-bond donors (Lipinski definition) is 1. The third kappa shape index (κ3) is 1.58. The second kappa shape index (κ2) is 3.71. The Labute approximate surface area is 98.3 Å². The van der Waals surface area contributed by atoms with Gasteiger partial charge >= 0.3 is 0 Å². The van der Waals surface area contributed by atoms with Gasteiger partial charge in [-0.25, -0.2) is 4.98 Å². The number of thiazole rings is 1. The molecule has 0 spiro atoms. The van der Waals surface area contributed by atoms with Crippen molar-refractivity contribution in [2.24, 2.45) is 5.73 Å². The van der Waals surface area contributed by atoms with Crippen molar-refractivity contribution in [1.29, 1.82) is 0 Å². The molecule has 1 aliphatic rings. The van der Waals surface area contributed by atoms with Crippen LogP contribution in [0.4, 0.5) is 0 Å². The Bertz CT molecular complexity index is 469. The van der Waals surface area contributed by atoms with Crippen LogP contribution in [-0.4, -0.2) is 4.98 Å². The number of rotatable bonds is 2. The van der Waals surface area contributed by atoms with Crippen molar-refractivity contribution in [2.45, 2.75) is 31.2 Å². The van der Waals surface area contributed by atoms with E-state index in [1.165, 1.54) is 12.8 Å². The summed E-state index contributed by atoms with van der Waals surface area (Å²) < 4.78 is 5.06. The molecule has 84 valence electrons. The zero-order valence-electron chi connectivity index (χ0n) is 8.98. The average molecular weight is 234 g/mol. The summed E-state index contributed by atoms with van der Waals surface area (Å²) in [5.74, 6) is 0. The predicted molar refractivity (Wildman–Crippen MR) is 64.1 cm³/mol. The maximum absolute atomic E-state index is 6.37. The quantitative estimate of drug-likeness (QED) is 0.868. The number of nitrogens with zero attached hydrogens (tertiary/aromatic N) is 1. The molecule has 0 unspecified atom stereocenters. The van der Waals surface area contributed by atoms with Crippen molar-refractivity contribution in [3.8, 4) is 11.3 Å². The highest BCUT2D eigenvalue weighted by Gasteiger charge is 2.34. The van der Waals surface area contributed by atoms with Gasteiger partial charge in [0.1, 0.15) is 5.01 Å². The van der Waals surface area contributed by atoms with Gasteiger partial charge in [0.25, 0.3) is 0 Å². The Morgan fingerprint density at radius 3 is 2.88 bits per heavy atom. The summed E-state index contributed by atoms with van der Waals surface area (Å²) in [5.41, 5.74) is 8.21. The molecule has 0 aromatic carbocycles. The molecule has 1 aliphatic carbocycles. The fourth-order valence-electron chi connectivity index (χ4n) is 2.26. The molecule has 2 aromatic heterocycles. The zero-order valence-corrected chi connectivity index (χ0v) is 9.80. The molecular formula is C12H14N2OS. The van der Waals surface area contributed by atoms with Crippen LogP contribution < -0.4 is 5.73 Å². The average Bonchev–Trinajstić information content (AvgIpc) is 2.98. The third-order valence-corrected chi connectivity index (χ3v) is 4.31. The first-order chi connectivity index (χ1) is 7.78. The zero-order chi connectivity index (χ0) is 11.0. The van der Waals surface area contributed by atoms with E-state index in [9.17, 15) is 0 Å². The van der Waals surface area contributed by atoms with Gasteiger partial charge < -0.3 is 10.2 Å². The first-order valence-corrected chi connectivity index (χ1v) is 6.43. The number of hydrogen-bond acceptors (Lipinski definition) is 4. The maximum Gasteiger partial charge on any atom is 0.113 e. The lowest BCUT2D eigenvalue weighted by Crippen LogP contribution is -2.32. The Morgan fingerprint density at radius 1 is 1.38 bits per heavy atom. The molecular weight excluding hydrogens is 220 g/mol. The summed E-state index contributed by atoms with van der Waals surface area (Å²) >= 11 is 1.67.